The van der Waals surface area contributed by atoms with Crippen molar-refractivity contribution < 1.29 is 23.9 Å². The van der Waals surface area contributed by atoms with E-state index in [1.807, 2.05) is 6.92 Å². The quantitative estimate of drug-likeness (QED) is 0.174. The number of hydrogen-bond donors (Lipinski definition) is 1. The van der Waals surface area contributed by atoms with E-state index in [0.717, 1.165) is 11.1 Å². The predicted molar refractivity (Wildman–Crippen MR) is 127 cm³/mol. The number of nitro benzene ring substituents is 1. The van der Waals surface area contributed by atoms with E-state index in [4.69, 9.17) is 26.4 Å². The van der Waals surface area contributed by atoms with Gasteiger partial charge in [-0.1, -0.05) is 6.07 Å². The Morgan fingerprint density at radius 2 is 1.94 bits per heavy atom. The summed E-state index contributed by atoms with van der Waals surface area (Å²) in [4.78, 5) is 24.6. The third kappa shape index (κ3) is 6.27. The molecular formula is C23H25N3O6S. The molecule has 0 spiro atoms. The van der Waals surface area contributed by atoms with Crippen LogP contribution in [0.5, 0.6) is 11.5 Å². The first-order chi connectivity index (χ1) is 15.9. The van der Waals surface area contributed by atoms with Gasteiger partial charge >= 0.3 is 0 Å². The van der Waals surface area contributed by atoms with Gasteiger partial charge in [-0.05, 0) is 67.0 Å². The molecule has 0 unspecified atom stereocenters. The number of methoxy groups -OCH3 is 1. The van der Waals surface area contributed by atoms with Crippen LogP contribution in [-0.4, -0.2) is 47.7 Å². The fraction of sp³-hybridized carbons (Fsp3) is 0.304. The SMILES string of the molecule is CCOCCCN1C(=O)/C(=C\c2ccc(OCc3ccc([N+](=O)[O-])cc3)c(OC)c2)NC1=S. The second-order valence-corrected chi connectivity index (χ2v) is 7.50. The topological polar surface area (TPSA) is 103 Å². The van der Waals surface area contributed by atoms with Gasteiger partial charge in [0.15, 0.2) is 16.6 Å². The molecule has 0 saturated carbocycles. The Labute approximate surface area is 197 Å². The minimum absolute atomic E-state index is 0.0242. The van der Waals surface area contributed by atoms with Gasteiger partial charge in [0.25, 0.3) is 11.6 Å². The number of hydrogen-bond acceptors (Lipinski definition) is 7. The second-order valence-electron chi connectivity index (χ2n) is 7.12. The molecule has 2 aromatic carbocycles. The fourth-order valence-electron chi connectivity index (χ4n) is 3.18. The van der Waals surface area contributed by atoms with Gasteiger partial charge < -0.3 is 19.5 Å². The molecule has 10 heteroatoms. The van der Waals surface area contributed by atoms with Gasteiger partial charge in [0, 0.05) is 31.9 Å². The monoisotopic (exact) mass is 471 g/mol. The lowest BCUT2D eigenvalue weighted by Crippen LogP contribution is -2.32. The first-order valence-corrected chi connectivity index (χ1v) is 10.8. The number of non-ortho nitro benzene ring substituents is 1. The molecular weight excluding hydrogens is 446 g/mol. The Morgan fingerprint density at radius 1 is 1.18 bits per heavy atom. The van der Waals surface area contributed by atoms with Crippen LogP contribution in [0.2, 0.25) is 0 Å². The van der Waals surface area contributed by atoms with E-state index in [9.17, 15) is 14.9 Å². The van der Waals surface area contributed by atoms with Gasteiger partial charge in [-0.15, -0.1) is 0 Å². The molecule has 1 heterocycles. The Balaban J connectivity index is 1.66. The van der Waals surface area contributed by atoms with E-state index in [0.29, 0.717) is 48.5 Å². The lowest BCUT2D eigenvalue weighted by molar-refractivity contribution is -0.384. The van der Waals surface area contributed by atoms with Crippen LogP contribution >= 0.6 is 12.2 Å². The van der Waals surface area contributed by atoms with Crippen LogP contribution in [0.1, 0.15) is 24.5 Å². The molecule has 174 valence electrons. The number of nitrogens with one attached hydrogen (secondary N) is 1. The summed E-state index contributed by atoms with van der Waals surface area (Å²) in [6.45, 7) is 3.84. The molecule has 1 N–H and O–H groups in total. The Hall–Kier alpha value is -3.50. The van der Waals surface area contributed by atoms with Crippen molar-refractivity contribution in [1.82, 2.24) is 10.2 Å². The minimum Gasteiger partial charge on any atom is -0.493 e. The van der Waals surface area contributed by atoms with Crippen LogP contribution in [-0.2, 0) is 16.1 Å². The van der Waals surface area contributed by atoms with Crippen LogP contribution < -0.4 is 14.8 Å². The molecule has 1 aliphatic heterocycles. The predicted octanol–water partition coefficient (Wildman–Crippen LogP) is 3.67. The summed E-state index contributed by atoms with van der Waals surface area (Å²) in [6.07, 6.45) is 2.41. The zero-order chi connectivity index (χ0) is 23.8. The van der Waals surface area contributed by atoms with Gasteiger partial charge in [0.05, 0.1) is 12.0 Å². The average molecular weight is 472 g/mol. The van der Waals surface area contributed by atoms with Crippen molar-refractivity contribution in [2.75, 3.05) is 26.9 Å². The maximum atomic E-state index is 12.7. The van der Waals surface area contributed by atoms with Crippen molar-refractivity contribution in [3.63, 3.8) is 0 Å². The van der Waals surface area contributed by atoms with E-state index in [-0.39, 0.29) is 18.2 Å². The summed E-state index contributed by atoms with van der Waals surface area (Å²) < 4.78 is 16.6. The molecule has 0 bridgehead atoms. The highest BCUT2D eigenvalue weighted by Crippen LogP contribution is 2.30. The Morgan fingerprint density at radius 3 is 2.61 bits per heavy atom. The smallest absolute Gasteiger partial charge is 0.276 e. The molecule has 1 saturated heterocycles. The Bertz CT molecular complexity index is 1050. The highest BCUT2D eigenvalue weighted by Gasteiger charge is 2.30. The highest BCUT2D eigenvalue weighted by molar-refractivity contribution is 7.80. The van der Waals surface area contributed by atoms with Gasteiger partial charge in [0.2, 0.25) is 0 Å². The lowest BCUT2D eigenvalue weighted by atomic mass is 10.1. The zero-order valence-electron chi connectivity index (χ0n) is 18.4. The van der Waals surface area contributed by atoms with Crippen molar-refractivity contribution in [1.29, 1.82) is 0 Å². The summed E-state index contributed by atoms with van der Waals surface area (Å²) in [7, 11) is 1.53. The first kappa shape index (κ1) is 24.1. The summed E-state index contributed by atoms with van der Waals surface area (Å²) in [6, 6.07) is 11.5. The number of nitro groups is 1. The van der Waals surface area contributed by atoms with E-state index in [1.54, 1.807) is 36.4 Å². The molecule has 0 atom stereocenters. The van der Waals surface area contributed by atoms with E-state index < -0.39 is 4.92 Å². The number of carbonyl (C=O) groups excluding carboxylic acids is 1. The van der Waals surface area contributed by atoms with Crippen LogP contribution in [0.4, 0.5) is 5.69 Å². The van der Waals surface area contributed by atoms with E-state index in [2.05, 4.69) is 5.32 Å². The van der Waals surface area contributed by atoms with E-state index >= 15 is 0 Å². The standard InChI is InChI=1S/C23H25N3O6S/c1-3-31-12-4-11-25-22(27)19(24-23(25)33)13-17-7-10-20(21(14-17)30-2)32-15-16-5-8-18(9-6-16)26(28)29/h5-10,13-14H,3-4,11-12,15H2,1-2H3,(H,24,33)/b19-13+. The summed E-state index contributed by atoms with van der Waals surface area (Å²) in [5.41, 5.74) is 1.94. The number of nitrogens with zero attached hydrogens (tertiary/aromatic N) is 2. The number of carbonyl (C=O) groups is 1. The lowest BCUT2D eigenvalue weighted by Gasteiger charge is -2.13. The largest absolute Gasteiger partial charge is 0.493 e. The molecule has 1 fully saturated rings. The highest BCUT2D eigenvalue weighted by atomic mass is 32.1. The maximum Gasteiger partial charge on any atom is 0.276 e. The maximum absolute atomic E-state index is 12.7. The number of benzene rings is 2. The third-order valence-electron chi connectivity index (χ3n) is 4.88. The molecule has 3 rings (SSSR count). The second kappa shape index (κ2) is 11.4. The van der Waals surface area contributed by atoms with Crippen LogP contribution in [0.15, 0.2) is 48.2 Å². The first-order valence-electron chi connectivity index (χ1n) is 10.4. The number of ether oxygens (including phenoxy) is 3. The van der Waals surface area contributed by atoms with Gasteiger partial charge in [-0.25, -0.2) is 0 Å². The van der Waals surface area contributed by atoms with Crippen molar-refractivity contribution >= 4 is 35.0 Å². The van der Waals surface area contributed by atoms with Crippen LogP contribution in [0, 0.1) is 10.1 Å². The number of amides is 1. The molecule has 1 amide bonds. The average Bonchev–Trinajstić information content (AvgIpc) is 3.08. The van der Waals surface area contributed by atoms with E-state index in [1.165, 1.54) is 24.1 Å². The Kier molecular flexibility index (Phi) is 8.34. The molecule has 0 aromatic heterocycles. The fourth-order valence-corrected chi connectivity index (χ4v) is 3.46. The molecule has 0 radical (unpaired) electrons. The minimum atomic E-state index is -0.447. The van der Waals surface area contributed by atoms with Crippen molar-refractivity contribution in [3.8, 4) is 11.5 Å². The zero-order valence-corrected chi connectivity index (χ0v) is 19.2. The van der Waals surface area contributed by atoms with Gasteiger partial charge in [0.1, 0.15) is 12.3 Å². The van der Waals surface area contributed by atoms with Gasteiger partial charge in [-0.3, -0.25) is 19.8 Å². The molecule has 0 aliphatic carbocycles. The van der Waals surface area contributed by atoms with Crippen molar-refractivity contribution in [3.05, 3.63) is 69.4 Å². The van der Waals surface area contributed by atoms with Crippen LogP contribution in [0.25, 0.3) is 6.08 Å². The summed E-state index contributed by atoms with van der Waals surface area (Å²) in [5.74, 6) is 0.818. The molecule has 1 aliphatic rings. The van der Waals surface area contributed by atoms with Crippen molar-refractivity contribution in [2.24, 2.45) is 0 Å². The number of rotatable bonds is 11. The normalized spacial score (nSPS) is 14.5. The van der Waals surface area contributed by atoms with Crippen molar-refractivity contribution in [2.45, 2.75) is 20.0 Å². The third-order valence-corrected chi connectivity index (χ3v) is 5.20. The number of thiocarbonyl (C=S) groups is 1. The molecule has 33 heavy (non-hydrogen) atoms. The molecule has 2 aromatic rings. The molecule has 9 nitrogen and oxygen atoms in total. The van der Waals surface area contributed by atoms with Crippen LogP contribution in [0.3, 0.4) is 0 Å². The summed E-state index contributed by atoms with van der Waals surface area (Å²) >= 11 is 5.29. The van der Waals surface area contributed by atoms with Gasteiger partial charge in [-0.2, -0.15) is 0 Å². The summed E-state index contributed by atoms with van der Waals surface area (Å²) in [5, 5.41) is 14.1.